The molecule has 2 aromatic carbocycles. The summed E-state index contributed by atoms with van der Waals surface area (Å²) in [7, 11) is 0. The van der Waals surface area contributed by atoms with Gasteiger partial charge in [0.1, 0.15) is 11.4 Å². The summed E-state index contributed by atoms with van der Waals surface area (Å²) in [6.45, 7) is 0.00524. The van der Waals surface area contributed by atoms with Crippen LogP contribution in [0.15, 0.2) is 59.0 Å². The number of hydrogen-bond donors (Lipinski definition) is 1. The van der Waals surface area contributed by atoms with Gasteiger partial charge < -0.3 is 5.32 Å². The van der Waals surface area contributed by atoms with Crippen molar-refractivity contribution < 1.29 is 4.79 Å². The zero-order chi connectivity index (χ0) is 19.8. The first-order valence-corrected chi connectivity index (χ1v) is 10.8. The molecule has 2 aromatic heterocycles. The second kappa shape index (κ2) is 7.44. The van der Waals surface area contributed by atoms with Crippen molar-refractivity contribution in [2.75, 3.05) is 0 Å². The molecule has 1 aliphatic rings. The van der Waals surface area contributed by atoms with Crippen LogP contribution in [-0.4, -0.2) is 21.5 Å². The Hall–Kier alpha value is -2.99. The maximum Gasteiger partial charge on any atom is 0.263 e. The van der Waals surface area contributed by atoms with Crippen molar-refractivity contribution in [1.29, 1.82) is 0 Å². The molecule has 0 spiro atoms. The van der Waals surface area contributed by atoms with Gasteiger partial charge in [-0.25, -0.2) is 4.98 Å². The van der Waals surface area contributed by atoms with Crippen LogP contribution in [0.5, 0.6) is 0 Å². The van der Waals surface area contributed by atoms with Crippen molar-refractivity contribution in [2.45, 2.75) is 38.3 Å². The molecule has 29 heavy (non-hydrogen) atoms. The van der Waals surface area contributed by atoms with Gasteiger partial charge in [-0.3, -0.25) is 14.2 Å². The predicted molar refractivity (Wildman–Crippen MR) is 117 cm³/mol. The molecule has 0 radical (unpaired) electrons. The number of fused-ring (bicyclic) bond motifs is 2. The molecule has 146 valence electrons. The average molecular weight is 404 g/mol. The van der Waals surface area contributed by atoms with E-state index < -0.39 is 0 Å². The van der Waals surface area contributed by atoms with E-state index in [0.717, 1.165) is 47.6 Å². The Morgan fingerprint density at radius 3 is 2.76 bits per heavy atom. The Morgan fingerprint density at radius 2 is 1.93 bits per heavy atom. The summed E-state index contributed by atoms with van der Waals surface area (Å²) in [6.07, 6.45) is 5.84. The van der Waals surface area contributed by atoms with Crippen molar-refractivity contribution in [3.63, 3.8) is 0 Å². The fraction of sp³-hybridized carbons (Fsp3) is 0.261. The van der Waals surface area contributed by atoms with E-state index in [4.69, 9.17) is 0 Å². The first-order chi connectivity index (χ1) is 14.2. The van der Waals surface area contributed by atoms with E-state index in [0.29, 0.717) is 10.2 Å². The van der Waals surface area contributed by atoms with Gasteiger partial charge in [-0.15, -0.1) is 11.3 Å². The Labute approximate surface area is 172 Å². The van der Waals surface area contributed by atoms with E-state index in [-0.39, 0.29) is 24.1 Å². The summed E-state index contributed by atoms with van der Waals surface area (Å²) >= 11 is 1.46. The molecule has 5 nitrogen and oxygen atoms in total. The molecule has 2 heterocycles. The minimum Gasteiger partial charge on any atom is -0.352 e. The van der Waals surface area contributed by atoms with E-state index in [1.165, 1.54) is 22.2 Å². The topological polar surface area (TPSA) is 64.0 Å². The van der Waals surface area contributed by atoms with Gasteiger partial charge >= 0.3 is 0 Å². The highest BCUT2D eigenvalue weighted by Crippen LogP contribution is 2.32. The highest BCUT2D eigenvalue weighted by molar-refractivity contribution is 7.17. The molecule has 0 bridgehead atoms. The van der Waals surface area contributed by atoms with E-state index in [9.17, 15) is 9.59 Å². The molecule has 0 unspecified atom stereocenters. The molecule has 4 aromatic rings. The molecule has 5 rings (SSSR count). The van der Waals surface area contributed by atoms with Crippen LogP contribution in [0.25, 0.3) is 32.1 Å². The highest BCUT2D eigenvalue weighted by Gasteiger charge is 2.19. The first kappa shape index (κ1) is 18.1. The van der Waals surface area contributed by atoms with E-state index in [1.807, 2.05) is 23.6 Å². The molecule has 1 N–H and O–H groups in total. The van der Waals surface area contributed by atoms with Crippen molar-refractivity contribution >= 4 is 38.2 Å². The van der Waals surface area contributed by atoms with Crippen LogP contribution >= 0.6 is 11.3 Å². The van der Waals surface area contributed by atoms with Crippen molar-refractivity contribution in [3.05, 3.63) is 64.5 Å². The van der Waals surface area contributed by atoms with Crippen LogP contribution in [0.1, 0.15) is 25.7 Å². The van der Waals surface area contributed by atoms with Crippen molar-refractivity contribution in [1.82, 2.24) is 14.9 Å². The molecule has 1 fully saturated rings. The second-order valence-corrected chi connectivity index (χ2v) is 8.48. The van der Waals surface area contributed by atoms with Gasteiger partial charge in [0.25, 0.3) is 5.56 Å². The van der Waals surface area contributed by atoms with Gasteiger partial charge in [0.05, 0.1) is 11.7 Å². The van der Waals surface area contributed by atoms with Crippen molar-refractivity contribution in [2.24, 2.45) is 0 Å². The SMILES string of the molecule is O=C(Cn1cnc2scc(-c3ccc4ccccc4c3)c2c1=O)NC1CCCC1. The number of nitrogens with zero attached hydrogens (tertiary/aromatic N) is 2. The number of carbonyl (C=O) groups excluding carboxylic acids is 1. The molecule has 0 saturated heterocycles. The van der Waals surface area contributed by atoms with Gasteiger partial charge in [0, 0.05) is 17.0 Å². The van der Waals surface area contributed by atoms with E-state index in [1.54, 1.807) is 0 Å². The maximum absolute atomic E-state index is 13.2. The van der Waals surface area contributed by atoms with Gasteiger partial charge in [0.2, 0.25) is 5.91 Å². The van der Waals surface area contributed by atoms with Crippen LogP contribution < -0.4 is 10.9 Å². The molecule has 1 saturated carbocycles. The number of thiophene rings is 1. The quantitative estimate of drug-likeness (QED) is 0.551. The van der Waals surface area contributed by atoms with Crippen LogP contribution in [0, 0.1) is 0 Å². The smallest absolute Gasteiger partial charge is 0.263 e. The van der Waals surface area contributed by atoms with Crippen LogP contribution in [0.4, 0.5) is 0 Å². The van der Waals surface area contributed by atoms with Crippen LogP contribution in [-0.2, 0) is 11.3 Å². The van der Waals surface area contributed by atoms with Crippen molar-refractivity contribution in [3.8, 4) is 11.1 Å². The van der Waals surface area contributed by atoms with Gasteiger partial charge in [-0.05, 0) is 35.2 Å². The van der Waals surface area contributed by atoms with E-state index >= 15 is 0 Å². The Bertz CT molecular complexity index is 1270. The third-order valence-electron chi connectivity index (χ3n) is 5.66. The number of hydrogen-bond acceptors (Lipinski definition) is 4. The Kier molecular flexibility index (Phi) is 4.64. The maximum atomic E-state index is 13.2. The largest absolute Gasteiger partial charge is 0.352 e. The lowest BCUT2D eigenvalue weighted by atomic mass is 10.0. The summed E-state index contributed by atoms with van der Waals surface area (Å²) < 4.78 is 1.42. The summed E-state index contributed by atoms with van der Waals surface area (Å²) in [5.41, 5.74) is 1.70. The lowest BCUT2D eigenvalue weighted by Crippen LogP contribution is -2.37. The zero-order valence-electron chi connectivity index (χ0n) is 15.9. The highest BCUT2D eigenvalue weighted by atomic mass is 32.1. The van der Waals surface area contributed by atoms with Gasteiger partial charge in [0.15, 0.2) is 0 Å². The number of rotatable bonds is 4. The molecule has 0 atom stereocenters. The van der Waals surface area contributed by atoms with E-state index in [2.05, 4.69) is 34.6 Å². The van der Waals surface area contributed by atoms with Gasteiger partial charge in [-0.1, -0.05) is 49.2 Å². The summed E-state index contributed by atoms with van der Waals surface area (Å²) in [4.78, 5) is 30.7. The molecular weight excluding hydrogens is 382 g/mol. The summed E-state index contributed by atoms with van der Waals surface area (Å²) in [5, 5.41) is 7.89. The monoisotopic (exact) mass is 403 g/mol. The summed E-state index contributed by atoms with van der Waals surface area (Å²) in [5.74, 6) is -0.123. The Balaban J connectivity index is 1.51. The fourth-order valence-corrected chi connectivity index (χ4v) is 5.05. The van der Waals surface area contributed by atoms with Crippen LogP contribution in [0.2, 0.25) is 0 Å². The standard InChI is InChI=1S/C23H21N3O2S/c27-20(25-18-7-3-4-8-18)12-26-14-24-22-21(23(26)28)19(13-29-22)17-10-9-15-5-1-2-6-16(15)11-17/h1-2,5-6,9-11,13-14,18H,3-4,7-8,12H2,(H,25,27). The normalized spacial score (nSPS) is 14.6. The number of benzene rings is 2. The average Bonchev–Trinajstić information content (AvgIpc) is 3.40. The number of nitrogens with one attached hydrogen (secondary N) is 1. The minimum atomic E-state index is -0.166. The zero-order valence-corrected chi connectivity index (χ0v) is 16.7. The second-order valence-electron chi connectivity index (χ2n) is 7.62. The van der Waals surface area contributed by atoms with Gasteiger partial charge in [-0.2, -0.15) is 0 Å². The lowest BCUT2D eigenvalue weighted by molar-refractivity contribution is -0.122. The predicted octanol–water partition coefficient (Wildman–Crippen LogP) is 4.34. The number of carbonyl (C=O) groups is 1. The number of amides is 1. The molecule has 1 amide bonds. The molecule has 1 aliphatic carbocycles. The molecule has 6 heteroatoms. The fourth-order valence-electron chi connectivity index (χ4n) is 4.15. The first-order valence-electron chi connectivity index (χ1n) is 9.94. The molecule has 0 aliphatic heterocycles. The number of aromatic nitrogens is 2. The lowest BCUT2D eigenvalue weighted by Gasteiger charge is -2.12. The summed E-state index contributed by atoms with van der Waals surface area (Å²) in [6, 6.07) is 14.6. The Morgan fingerprint density at radius 1 is 1.14 bits per heavy atom. The third kappa shape index (κ3) is 3.44. The van der Waals surface area contributed by atoms with Crippen LogP contribution in [0.3, 0.4) is 0 Å². The molecular formula is C23H21N3O2S. The third-order valence-corrected chi connectivity index (χ3v) is 6.54. The minimum absolute atomic E-state index is 0.00524.